The number of fused-ring (bicyclic) bond motifs is 1. The van der Waals surface area contributed by atoms with Gasteiger partial charge < -0.3 is 24.4 Å². The zero-order valence-corrected chi connectivity index (χ0v) is 19.4. The molecule has 1 aliphatic rings. The standard InChI is InChI=1S/C24H17Cl2F3O6/c1-12(23(32,24(27,28)29)13-2-7-20-21(8-13)34-11-33-20)16-5-3-14(9-18(16)25)35-15-4-6-17(22(30)31)19(26)10-15/h2-10,12,32H,11H2,1H3,(H,30,31). The second kappa shape index (κ2) is 9.14. The molecule has 184 valence electrons. The van der Waals surface area contributed by atoms with Crippen LogP contribution in [0.2, 0.25) is 10.0 Å². The van der Waals surface area contributed by atoms with E-state index in [9.17, 15) is 23.1 Å². The van der Waals surface area contributed by atoms with E-state index in [1.807, 2.05) is 0 Å². The van der Waals surface area contributed by atoms with Crippen molar-refractivity contribution in [1.82, 2.24) is 0 Å². The first kappa shape index (κ1) is 25.0. The summed E-state index contributed by atoms with van der Waals surface area (Å²) in [5.74, 6) is -1.98. The average Bonchev–Trinajstić information content (AvgIpc) is 3.25. The summed E-state index contributed by atoms with van der Waals surface area (Å²) in [5, 5.41) is 20.0. The number of ether oxygens (including phenoxy) is 3. The third kappa shape index (κ3) is 4.59. The molecule has 0 spiro atoms. The van der Waals surface area contributed by atoms with E-state index in [1.165, 1.54) is 49.4 Å². The Kier molecular flexibility index (Phi) is 6.52. The third-order valence-corrected chi connectivity index (χ3v) is 6.36. The first-order valence-electron chi connectivity index (χ1n) is 10.1. The highest BCUT2D eigenvalue weighted by Gasteiger charge is 2.59. The molecular weight excluding hydrogens is 512 g/mol. The molecule has 1 heterocycles. The summed E-state index contributed by atoms with van der Waals surface area (Å²) in [6, 6.07) is 11.5. The minimum absolute atomic E-state index is 0.0239. The molecule has 4 rings (SSSR count). The first-order chi connectivity index (χ1) is 16.4. The Morgan fingerprint density at radius 2 is 1.60 bits per heavy atom. The van der Waals surface area contributed by atoms with Crippen LogP contribution in [0.4, 0.5) is 13.2 Å². The molecule has 1 aliphatic heterocycles. The molecule has 0 fully saturated rings. The summed E-state index contributed by atoms with van der Waals surface area (Å²) >= 11 is 12.3. The van der Waals surface area contributed by atoms with Crippen molar-refractivity contribution in [3.05, 3.63) is 81.3 Å². The van der Waals surface area contributed by atoms with Crippen molar-refractivity contribution in [2.45, 2.75) is 24.6 Å². The van der Waals surface area contributed by atoms with E-state index in [0.717, 1.165) is 12.1 Å². The molecule has 35 heavy (non-hydrogen) atoms. The fourth-order valence-corrected chi connectivity index (χ4v) is 4.39. The maximum Gasteiger partial charge on any atom is 0.422 e. The highest BCUT2D eigenvalue weighted by molar-refractivity contribution is 6.33. The summed E-state index contributed by atoms with van der Waals surface area (Å²) in [5.41, 5.74) is -3.81. The molecule has 2 atom stereocenters. The fraction of sp³-hybridized carbons (Fsp3) is 0.208. The van der Waals surface area contributed by atoms with Crippen LogP contribution in [-0.2, 0) is 5.60 Å². The molecule has 0 aliphatic carbocycles. The lowest BCUT2D eigenvalue weighted by Crippen LogP contribution is -2.46. The number of rotatable bonds is 6. The van der Waals surface area contributed by atoms with E-state index in [-0.39, 0.29) is 51.0 Å². The molecule has 0 aromatic heterocycles. The lowest BCUT2D eigenvalue weighted by Gasteiger charge is -2.37. The smallest absolute Gasteiger partial charge is 0.422 e. The van der Waals surface area contributed by atoms with Gasteiger partial charge >= 0.3 is 12.1 Å². The number of hydrogen-bond acceptors (Lipinski definition) is 5. The molecule has 2 unspecified atom stereocenters. The lowest BCUT2D eigenvalue weighted by atomic mass is 9.77. The van der Waals surface area contributed by atoms with Gasteiger partial charge in [0.2, 0.25) is 6.79 Å². The maximum atomic E-state index is 14.3. The highest BCUT2D eigenvalue weighted by atomic mass is 35.5. The number of aliphatic hydroxyl groups is 1. The summed E-state index contributed by atoms with van der Waals surface area (Å²) in [6.07, 6.45) is -5.05. The quantitative estimate of drug-likeness (QED) is 0.367. The van der Waals surface area contributed by atoms with E-state index in [2.05, 4.69) is 0 Å². The second-order valence-electron chi connectivity index (χ2n) is 7.79. The molecule has 0 saturated heterocycles. The van der Waals surface area contributed by atoms with Crippen LogP contribution in [0.3, 0.4) is 0 Å². The maximum absolute atomic E-state index is 14.3. The Morgan fingerprint density at radius 3 is 2.20 bits per heavy atom. The molecule has 6 nitrogen and oxygen atoms in total. The van der Waals surface area contributed by atoms with Crippen molar-refractivity contribution in [2.75, 3.05) is 6.79 Å². The molecule has 0 bridgehead atoms. The summed E-state index contributed by atoms with van der Waals surface area (Å²) in [4.78, 5) is 11.1. The predicted molar refractivity (Wildman–Crippen MR) is 121 cm³/mol. The van der Waals surface area contributed by atoms with Gasteiger partial charge in [0, 0.05) is 17.0 Å². The van der Waals surface area contributed by atoms with Crippen LogP contribution >= 0.6 is 23.2 Å². The van der Waals surface area contributed by atoms with Crippen molar-refractivity contribution in [1.29, 1.82) is 0 Å². The molecular formula is C24H17Cl2F3O6. The Balaban J connectivity index is 1.65. The van der Waals surface area contributed by atoms with Crippen LogP contribution in [0, 0.1) is 0 Å². The Bertz CT molecular complexity index is 1300. The van der Waals surface area contributed by atoms with Crippen molar-refractivity contribution in [3.63, 3.8) is 0 Å². The fourth-order valence-electron chi connectivity index (χ4n) is 3.81. The minimum Gasteiger partial charge on any atom is -0.478 e. The number of aromatic carboxylic acids is 1. The lowest BCUT2D eigenvalue weighted by molar-refractivity contribution is -0.274. The van der Waals surface area contributed by atoms with Gasteiger partial charge in [0.05, 0.1) is 10.6 Å². The molecule has 0 radical (unpaired) electrons. The van der Waals surface area contributed by atoms with E-state index >= 15 is 0 Å². The van der Waals surface area contributed by atoms with Gasteiger partial charge in [-0.05, 0) is 47.5 Å². The molecule has 0 saturated carbocycles. The number of carbonyl (C=O) groups is 1. The second-order valence-corrected chi connectivity index (χ2v) is 8.60. The van der Waals surface area contributed by atoms with Crippen molar-refractivity contribution in [2.24, 2.45) is 0 Å². The van der Waals surface area contributed by atoms with Gasteiger partial charge in [-0.3, -0.25) is 0 Å². The Labute approximate surface area is 207 Å². The van der Waals surface area contributed by atoms with Gasteiger partial charge in [-0.1, -0.05) is 42.3 Å². The topological polar surface area (TPSA) is 85.2 Å². The number of halogens is 5. The van der Waals surface area contributed by atoms with E-state index < -0.39 is 29.2 Å². The zero-order valence-electron chi connectivity index (χ0n) is 17.9. The van der Waals surface area contributed by atoms with Gasteiger partial charge in [0.25, 0.3) is 0 Å². The van der Waals surface area contributed by atoms with Crippen LogP contribution in [0.25, 0.3) is 0 Å². The van der Waals surface area contributed by atoms with Gasteiger partial charge in [-0.15, -0.1) is 0 Å². The van der Waals surface area contributed by atoms with Crippen LogP contribution in [0.1, 0.15) is 34.3 Å². The Hall–Kier alpha value is -3.14. The number of carboxylic acids is 1. The van der Waals surface area contributed by atoms with E-state index in [4.69, 9.17) is 42.5 Å². The largest absolute Gasteiger partial charge is 0.478 e. The third-order valence-electron chi connectivity index (χ3n) is 5.72. The van der Waals surface area contributed by atoms with Crippen molar-refractivity contribution in [3.8, 4) is 23.0 Å². The van der Waals surface area contributed by atoms with E-state index in [0.29, 0.717) is 0 Å². The van der Waals surface area contributed by atoms with Gasteiger partial charge in [0.1, 0.15) is 11.5 Å². The van der Waals surface area contributed by atoms with Gasteiger partial charge in [-0.2, -0.15) is 13.2 Å². The normalized spacial score (nSPS) is 15.4. The van der Waals surface area contributed by atoms with Crippen LogP contribution in [0.15, 0.2) is 54.6 Å². The van der Waals surface area contributed by atoms with Gasteiger partial charge in [0.15, 0.2) is 17.1 Å². The number of hydrogen-bond donors (Lipinski definition) is 2. The van der Waals surface area contributed by atoms with E-state index in [1.54, 1.807) is 0 Å². The van der Waals surface area contributed by atoms with Crippen LogP contribution in [-0.4, -0.2) is 29.2 Å². The average molecular weight is 529 g/mol. The summed E-state index contributed by atoms with van der Waals surface area (Å²) in [7, 11) is 0. The zero-order chi connectivity index (χ0) is 25.5. The van der Waals surface area contributed by atoms with Crippen LogP contribution in [0.5, 0.6) is 23.0 Å². The number of carboxylic acid groups (broad SMARTS) is 1. The first-order valence-corrected chi connectivity index (χ1v) is 10.9. The minimum atomic E-state index is -5.05. The summed E-state index contributed by atoms with van der Waals surface area (Å²) in [6.45, 7) is 1.08. The summed E-state index contributed by atoms with van der Waals surface area (Å²) < 4.78 is 58.7. The molecule has 3 aromatic carbocycles. The molecule has 3 aromatic rings. The predicted octanol–water partition coefficient (Wildman–Crippen LogP) is 6.77. The highest BCUT2D eigenvalue weighted by Crippen LogP contribution is 2.51. The Morgan fingerprint density at radius 1 is 0.971 bits per heavy atom. The van der Waals surface area contributed by atoms with Gasteiger partial charge in [-0.25, -0.2) is 4.79 Å². The van der Waals surface area contributed by atoms with Crippen LogP contribution < -0.4 is 14.2 Å². The monoisotopic (exact) mass is 528 g/mol. The molecule has 11 heteroatoms. The number of benzene rings is 3. The number of alkyl halides is 3. The van der Waals surface area contributed by atoms with Crippen molar-refractivity contribution < 1.29 is 42.4 Å². The molecule has 0 amide bonds. The van der Waals surface area contributed by atoms with Crippen molar-refractivity contribution >= 4 is 29.2 Å². The molecule has 2 N–H and O–H groups in total. The SMILES string of the molecule is CC(c1ccc(Oc2ccc(C(=O)O)c(Cl)c2)cc1Cl)C(O)(c1ccc2c(c1)OCO2)C(F)(F)F.